The van der Waals surface area contributed by atoms with E-state index in [0.29, 0.717) is 17.7 Å². The van der Waals surface area contributed by atoms with Crippen LogP contribution in [0.4, 0.5) is 17.5 Å². The van der Waals surface area contributed by atoms with E-state index in [2.05, 4.69) is 53.8 Å². The zero-order chi connectivity index (χ0) is 23.1. The quantitative estimate of drug-likeness (QED) is 0.471. The first-order chi connectivity index (χ1) is 16.7. The Morgan fingerprint density at radius 1 is 0.941 bits per heavy atom. The minimum Gasteiger partial charge on any atom is -0.481 e. The van der Waals surface area contributed by atoms with E-state index in [1.54, 1.807) is 7.11 Å². The number of pyridine rings is 2. The number of aromatic nitrogens is 5. The molecular formula is C25H28N8O. The molecule has 4 aromatic rings. The van der Waals surface area contributed by atoms with Crippen LogP contribution in [0.15, 0.2) is 48.8 Å². The molecular weight excluding hydrogens is 428 g/mol. The smallest absolute Gasteiger partial charge is 0.229 e. The van der Waals surface area contributed by atoms with Gasteiger partial charge in [-0.1, -0.05) is 6.07 Å². The summed E-state index contributed by atoms with van der Waals surface area (Å²) in [6, 6.07) is 12.1. The molecule has 34 heavy (non-hydrogen) atoms. The molecule has 0 atom stereocenters. The normalized spacial score (nSPS) is 16.7. The van der Waals surface area contributed by atoms with Crippen molar-refractivity contribution >= 4 is 28.5 Å². The van der Waals surface area contributed by atoms with Crippen LogP contribution in [0.1, 0.15) is 24.5 Å². The summed E-state index contributed by atoms with van der Waals surface area (Å²) in [6.07, 6.45) is 6.09. The zero-order valence-electron chi connectivity index (χ0n) is 19.5. The van der Waals surface area contributed by atoms with Crippen LogP contribution in [0.2, 0.25) is 0 Å². The molecule has 2 fully saturated rings. The Balaban J connectivity index is 1.30. The van der Waals surface area contributed by atoms with Gasteiger partial charge in [0, 0.05) is 49.5 Å². The first-order valence-corrected chi connectivity index (χ1v) is 11.7. The maximum absolute atomic E-state index is 5.36. The van der Waals surface area contributed by atoms with E-state index in [0.717, 1.165) is 54.5 Å². The van der Waals surface area contributed by atoms with E-state index in [4.69, 9.17) is 9.72 Å². The van der Waals surface area contributed by atoms with Crippen molar-refractivity contribution in [3.05, 3.63) is 54.5 Å². The summed E-state index contributed by atoms with van der Waals surface area (Å²) in [4.78, 5) is 23.4. The Labute approximate surface area is 198 Å². The Morgan fingerprint density at radius 2 is 1.79 bits per heavy atom. The molecule has 4 aromatic heterocycles. The molecule has 0 bridgehead atoms. The van der Waals surface area contributed by atoms with Crippen LogP contribution in [0.25, 0.3) is 16.9 Å². The fraction of sp³-hybridized carbons (Fsp3) is 0.360. The minimum atomic E-state index is 0.532. The highest BCUT2D eigenvalue weighted by molar-refractivity contribution is 5.80. The lowest BCUT2D eigenvalue weighted by Gasteiger charge is -2.33. The number of nitrogens with zero attached hydrogens (tertiary/aromatic N) is 7. The first kappa shape index (κ1) is 20.9. The standard InChI is InChI=1S/C25H28N8O/c1-31-10-12-32(13-11-31)21-9-8-19(16-26-21)28-25-27-15-18-14-20(17-6-7-17)33(24(18)30-25)22-4-3-5-23(29-22)34-2/h3-5,8-9,14-17H,6-7,10-13H2,1-2H3,(H,27,28,30). The highest BCUT2D eigenvalue weighted by Crippen LogP contribution is 2.43. The van der Waals surface area contributed by atoms with Gasteiger partial charge >= 0.3 is 0 Å². The van der Waals surface area contributed by atoms with Gasteiger partial charge in [0.1, 0.15) is 11.6 Å². The molecule has 6 rings (SSSR count). The second kappa shape index (κ2) is 8.57. The number of piperazine rings is 1. The fourth-order valence-corrected chi connectivity index (χ4v) is 4.44. The topological polar surface area (TPSA) is 84.2 Å². The van der Waals surface area contributed by atoms with Crippen molar-refractivity contribution in [3.8, 4) is 11.7 Å². The van der Waals surface area contributed by atoms with Crippen LogP contribution in [-0.2, 0) is 0 Å². The fourth-order valence-electron chi connectivity index (χ4n) is 4.44. The van der Waals surface area contributed by atoms with E-state index in [1.807, 2.05) is 36.7 Å². The highest BCUT2D eigenvalue weighted by atomic mass is 16.5. The van der Waals surface area contributed by atoms with E-state index in [1.165, 1.54) is 18.5 Å². The monoisotopic (exact) mass is 456 g/mol. The lowest BCUT2D eigenvalue weighted by Crippen LogP contribution is -2.44. The van der Waals surface area contributed by atoms with Crippen molar-refractivity contribution in [2.24, 2.45) is 0 Å². The molecule has 0 amide bonds. The molecule has 1 saturated heterocycles. The Hall–Kier alpha value is -3.72. The molecule has 5 heterocycles. The molecule has 1 aliphatic carbocycles. The number of anilines is 3. The van der Waals surface area contributed by atoms with Crippen LogP contribution in [0.3, 0.4) is 0 Å². The van der Waals surface area contributed by atoms with Gasteiger partial charge in [0.05, 0.1) is 19.0 Å². The summed E-state index contributed by atoms with van der Waals surface area (Å²) in [5.74, 6) is 3.46. The molecule has 0 radical (unpaired) electrons. The molecule has 2 aliphatic rings. The van der Waals surface area contributed by atoms with Crippen LogP contribution in [0, 0.1) is 0 Å². The Bertz CT molecular complexity index is 1310. The third kappa shape index (κ3) is 4.03. The summed E-state index contributed by atoms with van der Waals surface area (Å²) < 4.78 is 7.50. The van der Waals surface area contributed by atoms with Crippen LogP contribution >= 0.6 is 0 Å². The number of ether oxygens (including phenoxy) is 1. The van der Waals surface area contributed by atoms with Crippen molar-refractivity contribution in [1.82, 2.24) is 29.4 Å². The van der Waals surface area contributed by atoms with Gasteiger partial charge in [-0.15, -0.1) is 0 Å². The lowest BCUT2D eigenvalue weighted by atomic mass is 10.3. The maximum Gasteiger partial charge on any atom is 0.229 e. The van der Waals surface area contributed by atoms with Crippen LogP contribution in [-0.4, -0.2) is 69.7 Å². The van der Waals surface area contributed by atoms with Crippen LogP contribution in [0.5, 0.6) is 5.88 Å². The molecule has 1 saturated carbocycles. The number of hydrogen-bond donors (Lipinski definition) is 1. The molecule has 1 N–H and O–H groups in total. The average Bonchev–Trinajstić information content (AvgIpc) is 3.65. The number of fused-ring (bicyclic) bond motifs is 1. The molecule has 0 aromatic carbocycles. The lowest BCUT2D eigenvalue weighted by molar-refractivity contribution is 0.312. The van der Waals surface area contributed by atoms with Gasteiger partial charge in [-0.05, 0) is 50.1 Å². The molecule has 9 heteroatoms. The van der Waals surface area contributed by atoms with E-state index in [-0.39, 0.29) is 0 Å². The van der Waals surface area contributed by atoms with Crippen molar-refractivity contribution in [1.29, 1.82) is 0 Å². The van der Waals surface area contributed by atoms with Gasteiger partial charge in [-0.3, -0.25) is 4.57 Å². The largest absolute Gasteiger partial charge is 0.481 e. The van der Waals surface area contributed by atoms with Gasteiger partial charge in [0.2, 0.25) is 11.8 Å². The number of methoxy groups -OCH3 is 1. The third-order valence-electron chi connectivity index (χ3n) is 6.54. The number of rotatable bonds is 6. The van der Waals surface area contributed by atoms with E-state index in [9.17, 15) is 0 Å². The van der Waals surface area contributed by atoms with Gasteiger partial charge in [-0.25, -0.2) is 9.97 Å². The summed E-state index contributed by atoms with van der Waals surface area (Å²) in [7, 11) is 3.79. The Kier molecular flexibility index (Phi) is 5.26. The van der Waals surface area contributed by atoms with Gasteiger partial charge in [0.25, 0.3) is 0 Å². The number of nitrogens with one attached hydrogen (secondary N) is 1. The summed E-state index contributed by atoms with van der Waals surface area (Å²) in [5.41, 5.74) is 2.92. The highest BCUT2D eigenvalue weighted by Gasteiger charge is 2.29. The first-order valence-electron chi connectivity index (χ1n) is 11.7. The summed E-state index contributed by atoms with van der Waals surface area (Å²) in [5, 5.41) is 4.32. The van der Waals surface area contributed by atoms with Gasteiger partial charge in [0.15, 0.2) is 5.65 Å². The van der Waals surface area contributed by atoms with Crippen molar-refractivity contribution in [3.63, 3.8) is 0 Å². The number of likely N-dealkylation sites (N-methyl/N-ethyl adjacent to an activating group) is 1. The molecule has 1 aliphatic heterocycles. The maximum atomic E-state index is 5.36. The second-order valence-electron chi connectivity index (χ2n) is 9.01. The third-order valence-corrected chi connectivity index (χ3v) is 6.54. The zero-order valence-corrected chi connectivity index (χ0v) is 19.5. The molecule has 174 valence electrons. The van der Waals surface area contributed by atoms with Gasteiger partial charge in [-0.2, -0.15) is 9.97 Å². The summed E-state index contributed by atoms with van der Waals surface area (Å²) >= 11 is 0. The van der Waals surface area contributed by atoms with Crippen molar-refractivity contribution in [2.45, 2.75) is 18.8 Å². The SMILES string of the molecule is COc1cccc(-n2c(C3CC3)cc3cnc(Nc4ccc(N5CCN(C)CC5)nc4)nc32)n1. The minimum absolute atomic E-state index is 0.532. The van der Waals surface area contributed by atoms with Crippen LogP contribution < -0.4 is 15.0 Å². The predicted molar refractivity (Wildman–Crippen MR) is 132 cm³/mol. The molecule has 0 spiro atoms. The summed E-state index contributed by atoms with van der Waals surface area (Å²) in [6.45, 7) is 4.10. The van der Waals surface area contributed by atoms with E-state index >= 15 is 0 Å². The van der Waals surface area contributed by atoms with E-state index < -0.39 is 0 Å². The number of hydrogen-bond acceptors (Lipinski definition) is 8. The Morgan fingerprint density at radius 3 is 2.53 bits per heavy atom. The average molecular weight is 457 g/mol. The second-order valence-corrected chi connectivity index (χ2v) is 9.01. The molecule has 9 nitrogen and oxygen atoms in total. The van der Waals surface area contributed by atoms with Crippen molar-refractivity contribution < 1.29 is 4.74 Å². The predicted octanol–water partition coefficient (Wildman–Crippen LogP) is 3.59. The van der Waals surface area contributed by atoms with Crippen molar-refractivity contribution in [2.75, 3.05) is 50.6 Å². The molecule has 0 unspecified atom stereocenters. The van der Waals surface area contributed by atoms with Gasteiger partial charge < -0.3 is 19.9 Å².